The van der Waals surface area contributed by atoms with Crippen LogP contribution in [0.1, 0.15) is 59.4 Å². The Labute approximate surface area is 232 Å². The van der Waals surface area contributed by atoms with Gasteiger partial charge in [0.25, 0.3) is 0 Å². The average Bonchev–Trinajstić information content (AvgIpc) is 3.32. The molecule has 0 saturated carbocycles. The fraction of sp³-hybridized carbons (Fsp3) is 0.312. The van der Waals surface area contributed by atoms with Crippen molar-refractivity contribution in [1.29, 1.82) is 0 Å². The number of nitrogens with zero attached hydrogens (tertiary/aromatic N) is 1. The zero-order chi connectivity index (χ0) is 27.4. The highest BCUT2D eigenvalue weighted by Crippen LogP contribution is 2.41. The predicted octanol–water partition coefficient (Wildman–Crippen LogP) is 6.93. The van der Waals surface area contributed by atoms with Gasteiger partial charge in [-0.25, -0.2) is 4.79 Å². The first kappa shape index (κ1) is 26.9. The first-order chi connectivity index (χ1) is 18.9. The van der Waals surface area contributed by atoms with Crippen LogP contribution in [0.5, 0.6) is 11.5 Å². The van der Waals surface area contributed by atoms with Crippen LogP contribution in [-0.2, 0) is 4.74 Å². The van der Waals surface area contributed by atoms with Crippen LogP contribution in [0.15, 0.2) is 66.7 Å². The Bertz CT molecular complexity index is 1450. The van der Waals surface area contributed by atoms with Crippen molar-refractivity contribution < 1.29 is 24.2 Å². The van der Waals surface area contributed by atoms with Gasteiger partial charge in [0.15, 0.2) is 5.78 Å². The molecule has 0 amide bonds. The van der Waals surface area contributed by atoms with Gasteiger partial charge in [0.1, 0.15) is 18.1 Å². The second-order valence-electron chi connectivity index (χ2n) is 10.1. The van der Waals surface area contributed by atoms with Crippen LogP contribution in [0, 0.1) is 0 Å². The Morgan fingerprint density at radius 1 is 0.923 bits per heavy atom. The third kappa shape index (κ3) is 6.32. The second kappa shape index (κ2) is 12.0. The topological polar surface area (TPSA) is 76.1 Å². The lowest BCUT2D eigenvalue weighted by molar-refractivity contribution is 0.0378. The summed E-state index contributed by atoms with van der Waals surface area (Å²) in [7, 11) is 0. The number of thiophene rings is 1. The molecule has 0 atom stereocenters. The van der Waals surface area contributed by atoms with Crippen LogP contribution in [0.3, 0.4) is 0 Å². The van der Waals surface area contributed by atoms with Gasteiger partial charge in [-0.15, -0.1) is 11.3 Å². The largest absolute Gasteiger partial charge is 0.508 e. The van der Waals surface area contributed by atoms with Crippen molar-refractivity contribution in [2.75, 3.05) is 26.2 Å². The number of esters is 1. The van der Waals surface area contributed by atoms with Gasteiger partial charge in [-0.1, -0.05) is 12.5 Å². The van der Waals surface area contributed by atoms with E-state index in [4.69, 9.17) is 9.47 Å². The first-order valence-electron chi connectivity index (χ1n) is 13.5. The molecule has 4 aromatic rings. The Balaban J connectivity index is 1.42. The summed E-state index contributed by atoms with van der Waals surface area (Å²) in [6, 6.07) is 19.4. The lowest BCUT2D eigenvalue weighted by Crippen LogP contribution is -2.33. The zero-order valence-corrected chi connectivity index (χ0v) is 23.1. The van der Waals surface area contributed by atoms with Crippen molar-refractivity contribution in [3.05, 3.63) is 83.4 Å². The predicted molar refractivity (Wildman–Crippen MR) is 155 cm³/mol. The number of hydrogen-bond donors (Lipinski definition) is 1. The van der Waals surface area contributed by atoms with Crippen LogP contribution < -0.4 is 4.74 Å². The summed E-state index contributed by atoms with van der Waals surface area (Å²) in [4.78, 5) is 29.6. The first-order valence-corrected chi connectivity index (χ1v) is 14.3. The fourth-order valence-electron chi connectivity index (χ4n) is 4.87. The average molecular weight is 544 g/mol. The number of ketones is 1. The minimum Gasteiger partial charge on any atom is -0.508 e. The zero-order valence-electron chi connectivity index (χ0n) is 22.3. The molecule has 0 radical (unpaired) electrons. The van der Waals surface area contributed by atoms with Crippen LogP contribution in [0.4, 0.5) is 0 Å². The van der Waals surface area contributed by atoms with Crippen molar-refractivity contribution in [2.45, 2.75) is 39.2 Å². The Morgan fingerprint density at radius 2 is 1.62 bits per heavy atom. The van der Waals surface area contributed by atoms with Crippen molar-refractivity contribution in [3.63, 3.8) is 0 Å². The minimum absolute atomic E-state index is 0.110. The summed E-state index contributed by atoms with van der Waals surface area (Å²) in [5.74, 6) is 0.394. The van der Waals surface area contributed by atoms with E-state index in [0.717, 1.165) is 45.9 Å². The number of likely N-dealkylation sites (tertiary alicyclic amines) is 1. The number of fused-ring (bicyclic) bond motifs is 1. The maximum atomic E-state index is 13.9. The molecule has 1 fully saturated rings. The molecule has 0 spiro atoms. The highest BCUT2D eigenvalue weighted by molar-refractivity contribution is 7.22. The molecule has 39 heavy (non-hydrogen) atoms. The number of carbonyl (C=O) groups excluding carboxylic acids is 2. The standard InChI is InChI=1S/C32H33NO5S/c1-21(2)38-32(36)24-10-15-27-28(20-24)39-31(23-6-11-25(34)12-7-23)29(27)30(35)22-8-13-26(14-9-22)37-19-18-33-16-4-3-5-17-33/h6-15,20-21,34H,3-5,16-19H2,1-2H3. The van der Waals surface area contributed by atoms with Gasteiger partial charge in [0.05, 0.1) is 11.7 Å². The molecule has 2 heterocycles. The number of ether oxygens (including phenoxy) is 2. The van der Waals surface area contributed by atoms with E-state index in [0.29, 0.717) is 23.3 Å². The van der Waals surface area contributed by atoms with Crippen LogP contribution in [-0.4, -0.2) is 54.1 Å². The van der Waals surface area contributed by atoms with Gasteiger partial charge in [-0.3, -0.25) is 9.69 Å². The van der Waals surface area contributed by atoms with E-state index in [2.05, 4.69) is 4.90 Å². The molecular weight excluding hydrogens is 510 g/mol. The molecule has 0 aliphatic carbocycles. The fourth-order valence-corrected chi connectivity index (χ4v) is 6.11. The summed E-state index contributed by atoms with van der Waals surface area (Å²) in [6.45, 7) is 7.42. The van der Waals surface area contributed by atoms with Crippen molar-refractivity contribution in [2.24, 2.45) is 0 Å². The van der Waals surface area contributed by atoms with E-state index in [1.807, 2.05) is 32.0 Å². The van der Waals surface area contributed by atoms with Crippen LogP contribution >= 0.6 is 11.3 Å². The lowest BCUT2D eigenvalue weighted by atomic mass is 9.97. The number of aromatic hydroxyl groups is 1. The Hall–Kier alpha value is -3.68. The molecule has 6 nitrogen and oxygen atoms in total. The molecular formula is C32H33NO5S. The number of hydrogen-bond acceptors (Lipinski definition) is 7. The van der Waals surface area contributed by atoms with Gasteiger partial charge < -0.3 is 14.6 Å². The molecule has 1 aliphatic rings. The van der Waals surface area contributed by atoms with E-state index in [-0.39, 0.29) is 17.6 Å². The van der Waals surface area contributed by atoms with Gasteiger partial charge in [-0.2, -0.15) is 0 Å². The maximum absolute atomic E-state index is 13.9. The van der Waals surface area contributed by atoms with E-state index in [1.165, 1.54) is 30.6 Å². The van der Waals surface area contributed by atoms with E-state index in [1.54, 1.807) is 48.5 Å². The summed E-state index contributed by atoms with van der Waals surface area (Å²) in [5, 5.41) is 10.6. The summed E-state index contributed by atoms with van der Waals surface area (Å²) < 4.78 is 12.1. The van der Waals surface area contributed by atoms with Gasteiger partial charge in [-0.05, 0) is 106 Å². The number of phenols is 1. The molecule has 1 saturated heterocycles. The van der Waals surface area contributed by atoms with Gasteiger partial charge >= 0.3 is 5.97 Å². The SMILES string of the molecule is CC(C)OC(=O)c1ccc2c(C(=O)c3ccc(OCCN4CCCCC4)cc3)c(-c3ccc(O)cc3)sc2c1. The molecule has 202 valence electrons. The summed E-state index contributed by atoms with van der Waals surface area (Å²) in [6.07, 6.45) is 3.59. The molecule has 1 aromatic heterocycles. The molecule has 1 aliphatic heterocycles. The number of benzene rings is 3. The van der Waals surface area contributed by atoms with Gasteiger partial charge in [0.2, 0.25) is 0 Å². The number of carbonyl (C=O) groups is 2. The van der Waals surface area contributed by atoms with Gasteiger partial charge in [0, 0.05) is 32.6 Å². The monoisotopic (exact) mass is 543 g/mol. The lowest BCUT2D eigenvalue weighted by Gasteiger charge is -2.26. The quantitative estimate of drug-likeness (QED) is 0.182. The van der Waals surface area contributed by atoms with Crippen molar-refractivity contribution >= 4 is 33.2 Å². The molecule has 5 rings (SSSR count). The third-order valence-corrected chi connectivity index (χ3v) is 8.07. The molecule has 0 unspecified atom stereocenters. The third-order valence-electron chi connectivity index (χ3n) is 6.87. The van der Waals surface area contributed by atoms with E-state index in [9.17, 15) is 14.7 Å². The minimum atomic E-state index is -0.393. The number of piperidine rings is 1. The maximum Gasteiger partial charge on any atom is 0.338 e. The highest BCUT2D eigenvalue weighted by Gasteiger charge is 2.23. The van der Waals surface area contributed by atoms with Crippen LogP contribution in [0.25, 0.3) is 20.5 Å². The number of rotatable bonds is 9. The van der Waals surface area contributed by atoms with Crippen molar-refractivity contribution in [3.8, 4) is 21.9 Å². The number of phenolic OH excluding ortho intramolecular Hbond substituents is 1. The Kier molecular flexibility index (Phi) is 8.29. The Morgan fingerprint density at radius 3 is 2.31 bits per heavy atom. The van der Waals surface area contributed by atoms with E-state index >= 15 is 0 Å². The molecule has 0 bridgehead atoms. The highest BCUT2D eigenvalue weighted by atomic mass is 32.1. The molecule has 1 N–H and O–H groups in total. The smallest absolute Gasteiger partial charge is 0.338 e. The van der Waals surface area contributed by atoms with Crippen LogP contribution in [0.2, 0.25) is 0 Å². The molecule has 3 aromatic carbocycles. The summed E-state index contributed by atoms with van der Waals surface area (Å²) in [5.41, 5.74) is 2.39. The van der Waals surface area contributed by atoms with E-state index < -0.39 is 5.97 Å². The second-order valence-corrected chi connectivity index (χ2v) is 11.2. The normalized spacial score (nSPS) is 14.0. The molecule has 7 heteroatoms. The van der Waals surface area contributed by atoms with Crippen molar-refractivity contribution in [1.82, 2.24) is 4.90 Å². The summed E-state index contributed by atoms with van der Waals surface area (Å²) >= 11 is 1.44.